The molecule has 2 aromatic carbocycles. The molecule has 0 radical (unpaired) electrons. The summed E-state index contributed by atoms with van der Waals surface area (Å²) in [6.45, 7) is 0.0887. The van der Waals surface area contributed by atoms with Crippen molar-refractivity contribution in [1.29, 1.82) is 5.26 Å². The van der Waals surface area contributed by atoms with E-state index in [1.807, 2.05) is 6.07 Å². The van der Waals surface area contributed by atoms with E-state index < -0.39 is 0 Å². The molecule has 2 aromatic rings. The van der Waals surface area contributed by atoms with E-state index in [-0.39, 0.29) is 17.7 Å². The van der Waals surface area contributed by atoms with Crippen molar-refractivity contribution in [2.75, 3.05) is 0 Å². The summed E-state index contributed by atoms with van der Waals surface area (Å²) in [6.07, 6.45) is 1.63. The number of carbonyl (C=O) groups is 2. The molecule has 1 heterocycles. The molecule has 1 saturated heterocycles. The van der Waals surface area contributed by atoms with Gasteiger partial charge in [0.05, 0.1) is 23.1 Å². The van der Waals surface area contributed by atoms with Crippen LogP contribution in [0.3, 0.4) is 0 Å². The van der Waals surface area contributed by atoms with E-state index in [4.69, 9.17) is 28.5 Å². The maximum absolute atomic E-state index is 12.5. The molecule has 0 aromatic heterocycles. The zero-order chi connectivity index (χ0) is 18.0. The molecular formula is C18H10Cl2N2O2S. The second kappa shape index (κ2) is 7.32. The number of hydrogen-bond donors (Lipinski definition) is 0. The second-order valence-electron chi connectivity index (χ2n) is 5.24. The Morgan fingerprint density at radius 3 is 2.48 bits per heavy atom. The van der Waals surface area contributed by atoms with E-state index in [1.165, 1.54) is 0 Å². The molecule has 3 rings (SSSR count). The van der Waals surface area contributed by atoms with E-state index in [0.717, 1.165) is 22.2 Å². The molecule has 0 atom stereocenters. The topological polar surface area (TPSA) is 61.2 Å². The van der Waals surface area contributed by atoms with E-state index in [2.05, 4.69) is 0 Å². The number of halogens is 2. The fourth-order valence-electron chi connectivity index (χ4n) is 2.26. The Bertz CT molecular complexity index is 933. The summed E-state index contributed by atoms with van der Waals surface area (Å²) >= 11 is 12.9. The molecule has 124 valence electrons. The zero-order valence-corrected chi connectivity index (χ0v) is 15.0. The van der Waals surface area contributed by atoms with E-state index >= 15 is 0 Å². The third kappa shape index (κ3) is 3.88. The van der Waals surface area contributed by atoms with Crippen LogP contribution in [-0.2, 0) is 11.3 Å². The summed E-state index contributed by atoms with van der Waals surface area (Å²) in [5, 5.41) is 9.35. The lowest BCUT2D eigenvalue weighted by Crippen LogP contribution is -2.27. The van der Waals surface area contributed by atoms with Gasteiger partial charge in [0.25, 0.3) is 11.1 Å². The Kier molecular flexibility index (Phi) is 5.14. The summed E-state index contributed by atoms with van der Waals surface area (Å²) in [6, 6.07) is 13.7. The molecule has 7 heteroatoms. The van der Waals surface area contributed by atoms with Gasteiger partial charge in [-0.2, -0.15) is 5.26 Å². The van der Waals surface area contributed by atoms with Crippen LogP contribution in [0.15, 0.2) is 47.4 Å². The smallest absolute Gasteiger partial charge is 0.268 e. The van der Waals surface area contributed by atoms with E-state index in [0.29, 0.717) is 26.1 Å². The molecule has 1 aliphatic heterocycles. The molecular weight excluding hydrogens is 379 g/mol. The first-order valence-corrected chi connectivity index (χ1v) is 8.74. The average Bonchev–Trinajstić information content (AvgIpc) is 2.85. The highest BCUT2D eigenvalue weighted by Gasteiger charge is 2.35. The lowest BCUT2D eigenvalue weighted by Gasteiger charge is -2.13. The van der Waals surface area contributed by atoms with Gasteiger partial charge in [-0.1, -0.05) is 41.4 Å². The van der Waals surface area contributed by atoms with Crippen molar-refractivity contribution >= 4 is 52.2 Å². The van der Waals surface area contributed by atoms with Crippen molar-refractivity contribution in [2.24, 2.45) is 0 Å². The van der Waals surface area contributed by atoms with Gasteiger partial charge in [-0.3, -0.25) is 14.5 Å². The number of carbonyl (C=O) groups excluding carboxylic acids is 2. The average molecular weight is 389 g/mol. The third-order valence-electron chi connectivity index (χ3n) is 3.55. The fraction of sp³-hybridized carbons (Fsp3) is 0.0556. The first-order chi connectivity index (χ1) is 12.0. The Labute approximate surface area is 158 Å². The van der Waals surface area contributed by atoms with Gasteiger partial charge in [-0.15, -0.1) is 0 Å². The second-order valence-corrected chi connectivity index (χ2v) is 7.07. The highest BCUT2D eigenvalue weighted by Crippen LogP contribution is 2.34. The quantitative estimate of drug-likeness (QED) is 0.685. The van der Waals surface area contributed by atoms with Gasteiger partial charge in [0.2, 0.25) is 0 Å². The molecule has 2 amide bonds. The van der Waals surface area contributed by atoms with Crippen LogP contribution < -0.4 is 0 Å². The lowest BCUT2D eigenvalue weighted by molar-refractivity contribution is -0.123. The first kappa shape index (κ1) is 17.6. The molecule has 0 aliphatic carbocycles. The van der Waals surface area contributed by atoms with E-state index in [1.54, 1.807) is 48.5 Å². The number of hydrogen-bond acceptors (Lipinski definition) is 4. The van der Waals surface area contributed by atoms with Crippen LogP contribution in [0.2, 0.25) is 10.0 Å². The Hall–Kier alpha value is -2.26. The molecule has 25 heavy (non-hydrogen) atoms. The summed E-state index contributed by atoms with van der Waals surface area (Å²) in [5.74, 6) is -0.370. The van der Waals surface area contributed by atoms with Crippen LogP contribution in [0.4, 0.5) is 4.79 Å². The minimum absolute atomic E-state index is 0.0887. The number of nitriles is 1. The Morgan fingerprint density at radius 2 is 1.84 bits per heavy atom. The van der Waals surface area contributed by atoms with Crippen molar-refractivity contribution in [2.45, 2.75) is 6.54 Å². The minimum Gasteiger partial charge on any atom is -0.268 e. The van der Waals surface area contributed by atoms with Crippen LogP contribution in [0.5, 0.6) is 0 Å². The van der Waals surface area contributed by atoms with Crippen molar-refractivity contribution in [3.05, 3.63) is 74.1 Å². The maximum Gasteiger partial charge on any atom is 0.293 e. The maximum atomic E-state index is 12.5. The highest BCUT2D eigenvalue weighted by atomic mass is 35.5. The van der Waals surface area contributed by atoms with Gasteiger partial charge in [-0.05, 0) is 53.2 Å². The van der Waals surface area contributed by atoms with Crippen LogP contribution >= 0.6 is 35.0 Å². The fourth-order valence-corrected chi connectivity index (χ4v) is 3.57. The van der Waals surface area contributed by atoms with Crippen molar-refractivity contribution < 1.29 is 9.59 Å². The van der Waals surface area contributed by atoms with Gasteiger partial charge in [-0.25, -0.2) is 0 Å². The zero-order valence-electron chi connectivity index (χ0n) is 12.7. The summed E-state index contributed by atoms with van der Waals surface area (Å²) in [4.78, 5) is 26.2. The largest absolute Gasteiger partial charge is 0.293 e. The van der Waals surface area contributed by atoms with E-state index in [9.17, 15) is 9.59 Å². The number of rotatable bonds is 3. The van der Waals surface area contributed by atoms with Crippen molar-refractivity contribution in [3.63, 3.8) is 0 Å². The van der Waals surface area contributed by atoms with Gasteiger partial charge >= 0.3 is 0 Å². The van der Waals surface area contributed by atoms with Gasteiger partial charge in [0, 0.05) is 10.0 Å². The standard InChI is InChI=1S/C18H10Cl2N2O2S/c19-14-6-5-13(15(20)8-14)10-22-17(23)16(25-18(22)24)7-11-1-3-12(9-21)4-2-11/h1-8H,10H2/b16-7-. The van der Waals surface area contributed by atoms with Gasteiger partial charge in [0.1, 0.15) is 0 Å². The van der Waals surface area contributed by atoms with Gasteiger partial charge in [0.15, 0.2) is 0 Å². The van der Waals surface area contributed by atoms with Crippen molar-refractivity contribution in [3.8, 4) is 6.07 Å². The highest BCUT2D eigenvalue weighted by molar-refractivity contribution is 8.18. The minimum atomic E-state index is -0.370. The number of thioether (sulfide) groups is 1. The molecule has 0 saturated carbocycles. The Balaban J connectivity index is 1.82. The van der Waals surface area contributed by atoms with Crippen molar-refractivity contribution in [1.82, 2.24) is 4.90 Å². The monoisotopic (exact) mass is 388 g/mol. The number of imide groups is 1. The van der Waals surface area contributed by atoms with Crippen LogP contribution in [0.25, 0.3) is 6.08 Å². The molecule has 1 fully saturated rings. The Morgan fingerprint density at radius 1 is 1.12 bits per heavy atom. The first-order valence-electron chi connectivity index (χ1n) is 7.17. The number of amides is 2. The predicted octanol–water partition coefficient (Wildman–Crippen LogP) is 5.10. The van der Waals surface area contributed by atoms with Crippen LogP contribution in [0, 0.1) is 11.3 Å². The predicted molar refractivity (Wildman–Crippen MR) is 99.1 cm³/mol. The van der Waals surface area contributed by atoms with Gasteiger partial charge < -0.3 is 0 Å². The molecule has 0 unspecified atom stereocenters. The molecule has 4 nitrogen and oxygen atoms in total. The third-order valence-corrected chi connectivity index (χ3v) is 5.05. The summed E-state index contributed by atoms with van der Waals surface area (Å²) in [7, 11) is 0. The molecule has 0 spiro atoms. The van der Waals surface area contributed by atoms with Crippen LogP contribution in [0.1, 0.15) is 16.7 Å². The SMILES string of the molecule is N#Cc1ccc(/C=C2\SC(=O)N(Cc3ccc(Cl)cc3Cl)C2=O)cc1. The lowest BCUT2D eigenvalue weighted by atomic mass is 10.1. The number of benzene rings is 2. The summed E-state index contributed by atoms with van der Waals surface area (Å²) in [5.41, 5.74) is 1.92. The molecule has 0 bridgehead atoms. The number of nitrogens with zero attached hydrogens (tertiary/aromatic N) is 2. The van der Waals surface area contributed by atoms with Crippen LogP contribution in [-0.4, -0.2) is 16.0 Å². The molecule has 0 N–H and O–H groups in total. The summed E-state index contributed by atoms with van der Waals surface area (Å²) < 4.78 is 0. The normalized spacial score (nSPS) is 15.7. The molecule has 1 aliphatic rings.